The van der Waals surface area contributed by atoms with Gasteiger partial charge in [-0.15, -0.1) is 0 Å². The van der Waals surface area contributed by atoms with Crippen LogP contribution in [-0.4, -0.2) is 49.7 Å². The van der Waals surface area contributed by atoms with Crippen LogP contribution in [-0.2, 0) is 9.53 Å². The molecule has 0 radical (unpaired) electrons. The summed E-state index contributed by atoms with van der Waals surface area (Å²) in [5.41, 5.74) is 0.160. The SMILES string of the molecule is CCO[C@@H]1C[C@H](N(C)C(=O)C2CCNCC2)C1(CC)CC. The molecule has 0 aromatic rings. The standard InChI is InChI=1S/C17H32N2O2/c1-5-17(6-2)14(12-15(17)21-7-3)19(4)16(20)13-8-10-18-11-9-13/h13-15,18H,5-12H2,1-4H3/t14-,15+/m0/s1. The quantitative estimate of drug-likeness (QED) is 0.818. The Morgan fingerprint density at radius 3 is 2.38 bits per heavy atom. The average molecular weight is 296 g/mol. The largest absolute Gasteiger partial charge is 0.378 e. The molecule has 0 aromatic carbocycles. The van der Waals surface area contributed by atoms with Crippen LogP contribution in [0.3, 0.4) is 0 Å². The second kappa shape index (κ2) is 7.10. The number of amides is 1. The highest BCUT2D eigenvalue weighted by Gasteiger charge is 2.56. The van der Waals surface area contributed by atoms with Crippen molar-refractivity contribution in [2.45, 2.75) is 65.0 Å². The number of hydrogen-bond donors (Lipinski definition) is 1. The lowest BCUT2D eigenvalue weighted by molar-refractivity contribution is -0.179. The summed E-state index contributed by atoms with van der Waals surface area (Å²) in [6.07, 6.45) is 5.46. The first-order chi connectivity index (χ1) is 10.1. The third-order valence-electron chi connectivity index (χ3n) is 5.93. The zero-order chi connectivity index (χ0) is 15.5. The molecule has 4 heteroatoms. The Kier molecular flexibility index (Phi) is 5.67. The number of piperidine rings is 1. The van der Waals surface area contributed by atoms with E-state index in [1.54, 1.807) is 0 Å². The van der Waals surface area contributed by atoms with Crippen molar-refractivity contribution in [1.29, 1.82) is 0 Å². The fraction of sp³-hybridized carbons (Fsp3) is 0.941. The molecule has 2 rings (SSSR count). The lowest BCUT2D eigenvalue weighted by atomic mass is 9.58. The molecule has 2 atom stereocenters. The fourth-order valence-electron chi connectivity index (χ4n) is 4.39. The van der Waals surface area contributed by atoms with Gasteiger partial charge in [0, 0.05) is 31.0 Å². The first-order valence-electron chi connectivity index (χ1n) is 8.69. The van der Waals surface area contributed by atoms with Gasteiger partial charge in [0.05, 0.1) is 6.10 Å². The number of nitrogens with zero attached hydrogens (tertiary/aromatic N) is 1. The van der Waals surface area contributed by atoms with Crippen LogP contribution < -0.4 is 5.32 Å². The summed E-state index contributed by atoms with van der Waals surface area (Å²) in [5, 5.41) is 3.34. The maximum Gasteiger partial charge on any atom is 0.225 e. The van der Waals surface area contributed by atoms with Gasteiger partial charge >= 0.3 is 0 Å². The number of ether oxygens (including phenoxy) is 1. The van der Waals surface area contributed by atoms with Gasteiger partial charge in [-0.3, -0.25) is 4.79 Å². The molecule has 1 heterocycles. The van der Waals surface area contributed by atoms with E-state index in [-0.39, 0.29) is 11.3 Å². The molecule has 122 valence electrons. The molecule has 1 saturated carbocycles. The van der Waals surface area contributed by atoms with E-state index in [4.69, 9.17) is 4.74 Å². The Hall–Kier alpha value is -0.610. The summed E-state index contributed by atoms with van der Waals surface area (Å²) in [6.45, 7) is 9.26. The van der Waals surface area contributed by atoms with Crippen molar-refractivity contribution >= 4 is 5.91 Å². The number of nitrogens with one attached hydrogen (secondary N) is 1. The number of carbonyl (C=O) groups excluding carboxylic acids is 1. The van der Waals surface area contributed by atoms with Crippen molar-refractivity contribution in [2.24, 2.45) is 11.3 Å². The van der Waals surface area contributed by atoms with Gasteiger partial charge in [-0.25, -0.2) is 0 Å². The van der Waals surface area contributed by atoms with Gasteiger partial charge in [0.25, 0.3) is 0 Å². The zero-order valence-corrected chi connectivity index (χ0v) is 14.2. The number of hydrogen-bond acceptors (Lipinski definition) is 3. The van der Waals surface area contributed by atoms with Gasteiger partial charge in [-0.05, 0) is 52.1 Å². The maximum absolute atomic E-state index is 12.8. The van der Waals surface area contributed by atoms with Gasteiger partial charge in [-0.2, -0.15) is 0 Å². The molecule has 1 aliphatic heterocycles. The van der Waals surface area contributed by atoms with Crippen LogP contribution in [0.25, 0.3) is 0 Å². The monoisotopic (exact) mass is 296 g/mol. The predicted octanol–water partition coefficient (Wildman–Crippen LogP) is 2.43. The summed E-state index contributed by atoms with van der Waals surface area (Å²) < 4.78 is 5.93. The number of carbonyl (C=O) groups is 1. The van der Waals surface area contributed by atoms with E-state index in [9.17, 15) is 4.79 Å². The minimum atomic E-state index is 0.160. The van der Waals surface area contributed by atoms with E-state index < -0.39 is 0 Å². The Bertz CT molecular complexity index is 349. The first kappa shape index (κ1) is 16.8. The molecule has 1 saturated heterocycles. The molecule has 1 N–H and O–H groups in total. The first-order valence-corrected chi connectivity index (χ1v) is 8.69. The molecule has 1 aliphatic carbocycles. The minimum Gasteiger partial charge on any atom is -0.378 e. The van der Waals surface area contributed by atoms with Crippen molar-refractivity contribution in [3.8, 4) is 0 Å². The summed E-state index contributed by atoms with van der Waals surface area (Å²) in [6, 6.07) is 0.353. The van der Waals surface area contributed by atoms with Crippen LogP contribution in [0.15, 0.2) is 0 Å². The summed E-state index contributed by atoms with van der Waals surface area (Å²) in [7, 11) is 2.01. The lowest BCUT2D eigenvalue weighted by Crippen LogP contribution is -2.65. The van der Waals surface area contributed by atoms with Crippen LogP contribution in [0.4, 0.5) is 0 Å². The molecule has 0 aromatic heterocycles. The topological polar surface area (TPSA) is 41.6 Å². The summed E-state index contributed by atoms with van der Waals surface area (Å²) >= 11 is 0. The predicted molar refractivity (Wildman–Crippen MR) is 85.2 cm³/mol. The zero-order valence-electron chi connectivity index (χ0n) is 14.2. The third-order valence-corrected chi connectivity index (χ3v) is 5.93. The van der Waals surface area contributed by atoms with Gasteiger partial charge in [-0.1, -0.05) is 13.8 Å². The smallest absolute Gasteiger partial charge is 0.225 e. The molecular weight excluding hydrogens is 264 g/mol. The molecule has 0 spiro atoms. The van der Waals surface area contributed by atoms with Crippen molar-refractivity contribution in [1.82, 2.24) is 10.2 Å². The lowest BCUT2D eigenvalue weighted by Gasteiger charge is -2.58. The Balaban J connectivity index is 2.04. The van der Waals surface area contributed by atoms with Crippen molar-refractivity contribution in [3.63, 3.8) is 0 Å². The molecule has 21 heavy (non-hydrogen) atoms. The molecule has 2 fully saturated rings. The summed E-state index contributed by atoms with van der Waals surface area (Å²) in [4.78, 5) is 14.8. The van der Waals surface area contributed by atoms with Gasteiger partial charge in [0.1, 0.15) is 0 Å². The number of rotatable bonds is 6. The fourth-order valence-corrected chi connectivity index (χ4v) is 4.39. The summed E-state index contributed by atoms with van der Waals surface area (Å²) in [5.74, 6) is 0.566. The normalized spacial score (nSPS) is 29.0. The van der Waals surface area contributed by atoms with Crippen LogP contribution in [0.2, 0.25) is 0 Å². The Morgan fingerprint density at radius 1 is 1.24 bits per heavy atom. The molecule has 4 nitrogen and oxygen atoms in total. The van der Waals surface area contributed by atoms with E-state index in [1.807, 2.05) is 7.05 Å². The van der Waals surface area contributed by atoms with Gasteiger partial charge in [0.2, 0.25) is 5.91 Å². The van der Waals surface area contributed by atoms with E-state index in [2.05, 4.69) is 31.0 Å². The van der Waals surface area contributed by atoms with Crippen LogP contribution in [0.1, 0.15) is 52.9 Å². The molecule has 0 unspecified atom stereocenters. The van der Waals surface area contributed by atoms with Crippen LogP contribution >= 0.6 is 0 Å². The van der Waals surface area contributed by atoms with E-state index >= 15 is 0 Å². The molecular formula is C17H32N2O2. The molecule has 2 aliphatic rings. The van der Waals surface area contributed by atoms with Crippen molar-refractivity contribution < 1.29 is 9.53 Å². The molecule has 0 bridgehead atoms. The van der Waals surface area contributed by atoms with E-state index in [1.165, 1.54) is 0 Å². The highest BCUT2D eigenvalue weighted by molar-refractivity contribution is 5.79. The highest BCUT2D eigenvalue weighted by Crippen LogP contribution is 2.51. The maximum atomic E-state index is 12.8. The van der Waals surface area contributed by atoms with Crippen molar-refractivity contribution in [2.75, 3.05) is 26.7 Å². The third kappa shape index (κ3) is 2.98. The Labute approximate surface area is 129 Å². The van der Waals surface area contributed by atoms with E-state index in [0.29, 0.717) is 18.1 Å². The Morgan fingerprint density at radius 2 is 1.86 bits per heavy atom. The van der Waals surface area contributed by atoms with Crippen molar-refractivity contribution in [3.05, 3.63) is 0 Å². The minimum absolute atomic E-state index is 0.160. The van der Waals surface area contributed by atoms with Crippen LogP contribution in [0.5, 0.6) is 0 Å². The van der Waals surface area contributed by atoms with Gasteiger partial charge < -0.3 is 15.0 Å². The second-order valence-electron chi connectivity index (χ2n) is 6.61. The highest BCUT2D eigenvalue weighted by atomic mass is 16.5. The van der Waals surface area contributed by atoms with E-state index in [0.717, 1.165) is 51.8 Å². The molecule has 1 amide bonds. The average Bonchev–Trinajstić information content (AvgIpc) is 2.52. The van der Waals surface area contributed by atoms with Crippen LogP contribution in [0, 0.1) is 11.3 Å². The van der Waals surface area contributed by atoms with Gasteiger partial charge in [0.15, 0.2) is 0 Å². The second-order valence-corrected chi connectivity index (χ2v) is 6.61.